The van der Waals surface area contributed by atoms with Gasteiger partial charge in [0.05, 0.1) is 6.04 Å². The first-order valence-corrected chi connectivity index (χ1v) is 15.6. The summed E-state index contributed by atoms with van der Waals surface area (Å²) in [5, 5.41) is 22.3. The summed E-state index contributed by atoms with van der Waals surface area (Å²) in [4.78, 5) is 52.8. The van der Waals surface area contributed by atoms with Gasteiger partial charge in [0.2, 0.25) is 11.8 Å². The SMILES string of the molecule is CC(C)CNC(=O)[C@H](Cc1ccccc1)NC(=O)[C@H](O)[C@H](Cc1ccccc1)NC(=O)[C@@H](NC(=O)OCc1ccccc1)C(C)C. The number of nitrogens with one attached hydrogen (secondary N) is 4. The van der Waals surface area contributed by atoms with E-state index in [1.807, 2.05) is 105 Å². The van der Waals surface area contributed by atoms with E-state index in [1.54, 1.807) is 13.8 Å². The third kappa shape index (κ3) is 12.0. The Labute approximate surface area is 271 Å². The topological polar surface area (TPSA) is 146 Å². The van der Waals surface area contributed by atoms with Gasteiger partial charge in [-0.1, -0.05) is 119 Å². The second kappa shape index (κ2) is 18.3. The molecule has 0 unspecified atom stereocenters. The van der Waals surface area contributed by atoms with Crippen molar-refractivity contribution in [2.75, 3.05) is 6.54 Å². The van der Waals surface area contributed by atoms with Crippen LogP contribution in [0.5, 0.6) is 0 Å². The minimum absolute atomic E-state index is 0.0313. The number of aliphatic hydroxyl groups excluding tert-OH is 1. The Morgan fingerprint density at radius 2 is 1.17 bits per heavy atom. The van der Waals surface area contributed by atoms with E-state index < -0.39 is 42.1 Å². The molecule has 4 atom stereocenters. The van der Waals surface area contributed by atoms with Crippen LogP contribution in [0.2, 0.25) is 0 Å². The molecule has 3 rings (SSSR count). The minimum Gasteiger partial charge on any atom is -0.445 e. The molecule has 3 aromatic rings. The molecule has 0 saturated carbocycles. The number of aliphatic hydroxyl groups is 1. The van der Waals surface area contributed by atoms with E-state index >= 15 is 0 Å². The fourth-order valence-corrected chi connectivity index (χ4v) is 4.74. The van der Waals surface area contributed by atoms with Gasteiger partial charge in [-0.3, -0.25) is 14.4 Å². The summed E-state index contributed by atoms with van der Waals surface area (Å²) in [6.07, 6.45) is -2.15. The number of alkyl carbamates (subject to hydrolysis) is 1. The van der Waals surface area contributed by atoms with Crippen molar-refractivity contribution in [3.05, 3.63) is 108 Å². The van der Waals surface area contributed by atoms with Crippen molar-refractivity contribution in [2.45, 2.75) is 71.4 Å². The van der Waals surface area contributed by atoms with Crippen LogP contribution in [0.15, 0.2) is 91.0 Å². The molecule has 0 spiro atoms. The smallest absolute Gasteiger partial charge is 0.408 e. The summed E-state index contributed by atoms with van der Waals surface area (Å²) in [6.45, 7) is 7.92. The average molecular weight is 631 g/mol. The Morgan fingerprint density at radius 1 is 0.652 bits per heavy atom. The molecular weight excluding hydrogens is 584 g/mol. The highest BCUT2D eigenvalue weighted by Crippen LogP contribution is 2.11. The monoisotopic (exact) mass is 630 g/mol. The highest BCUT2D eigenvalue weighted by atomic mass is 16.5. The summed E-state index contributed by atoms with van der Waals surface area (Å²) < 4.78 is 5.31. The molecular formula is C36H46N4O6. The molecule has 0 heterocycles. The van der Waals surface area contributed by atoms with Crippen LogP contribution in [-0.2, 0) is 38.6 Å². The lowest BCUT2D eigenvalue weighted by molar-refractivity contribution is -0.136. The Kier molecular flexibility index (Phi) is 14.2. The molecule has 10 heteroatoms. The number of ether oxygens (including phenoxy) is 1. The lowest BCUT2D eigenvalue weighted by Crippen LogP contribution is -2.59. The van der Waals surface area contributed by atoms with Gasteiger partial charge in [0.1, 0.15) is 18.7 Å². The van der Waals surface area contributed by atoms with Crippen molar-refractivity contribution in [1.82, 2.24) is 21.3 Å². The van der Waals surface area contributed by atoms with Crippen molar-refractivity contribution in [3.63, 3.8) is 0 Å². The normalized spacial score (nSPS) is 13.6. The summed E-state index contributed by atoms with van der Waals surface area (Å²) in [7, 11) is 0. The Hall–Kier alpha value is -4.70. The molecule has 3 aromatic carbocycles. The molecule has 4 amide bonds. The first-order chi connectivity index (χ1) is 22.0. The molecule has 10 nitrogen and oxygen atoms in total. The molecule has 0 bridgehead atoms. The van der Waals surface area contributed by atoms with Crippen LogP contribution >= 0.6 is 0 Å². The lowest BCUT2D eigenvalue weighted by Gasteiger charge is -2.29. The van der Waals surface area contributed by atoms with Gasteiger partial charge >= 0.3 is 6.09 Å². The van der Waals surface area contributed by atoms with Gasteiger partial charge in [0.15, 0.2) is 6.10 Å². The van der Waals surface area contributed by atoms with Gasteiger partial charge in [-0.05, 0) is 34.9 Å². The largest absolute Gasteiger partial charge is 0.445 e. The van der Waals surface area contributed by atoms with Crippen molar-refractivity contribution in [2.24, 2.45) is 11.8 Å². The highest BCUT2D eigenvalue weighted by molar-refractivity contribution is 5.91. The maximum atomic E-state index is 13.6. The molecule has 0 aliphatic rings. The van der Waals surface area contributed by atoms with Gasteiger partial charge in [-0.2, -0.15) is 0 Å². The van der Waals surface area contributed by atoms with Crippen molar-refractivity contribution in [3.8, 4) is 0 Å². The zero-order valence-electron chi connectivity index (χ0n) is 26.9. The number of hydrogen-bond donors (Lipinski definition) is 5. The molecule has 0 fully saturated rings. The highest BCUT2D eigenvalue weighted by Gasteiger charge is 2.34. The van der Waals surface area contributed by atoms with Crippen molar-refractivity contribution >= 4 is 23.8 Å². The van der Waals surface area contributed by atoms with Crippen LogP contribution in [0.4, 0.5) is 4.79 Å². The van der Waals surface area contributed by atoms with Gasteiger partial charge < -0.3 is 31.1 Å². The molecule has 246 valence electrons. The first-order valence-electron chi connectivity index (χ1n) is 15.6. The Morgan fingerprint density at radius 3 is 1.70 bits per heavy atom. The number of carbonyl (C=O) groups is 4. The maximum absolute atomic E-state index is 13.6. The Bertz CT molecular complexity index is 1390. The minimum atomic E-state index is -1.71. The molecule has 0 radical (unpaired) electrons. The Balaban J connectivity index is 1.76. The predicted octanol–water partition coefficient (Wildman–Crippen LogP) is 3.53. The van der Waals surface area contributed by atoms with Crippen LogP contribution in [0.3, 0.4) is 0 Å². The van der Waals surface area contributed by atoms with Crippen LogP contribution in [-0.4, -0.2) is 59.7 Å². The van der Waals surface area contributed by atoms with E-state index in [2.05, 4.69) is 21.3 Å². The van der Waals surface area contributed by atoms with Crippen molar-refractivity contribution in [1.29, 1.82) is 0 Å². The van der Waals surface area contributed by atoms with Crippen LogP contribution in [0, 0.1) is 11.8 Å². The summed E-state index contributed by atoms with van der Waals surface area (Å²) in [6, 6.07) is 24.5. The van der Waals surface area contributed by atoms with Gasteiger partial charge in [-0.25, -0.2) is 4.79 Å². The van der Waals surface area contributed by atoms with Crippen LogP contribution < -0.4 is 21.3 Å². The van der Waals surface area contributed by atoms with E-state index in [9.17, 15) is 24.3 Å². The van der Waals surface area contributed by atoms with E-state index in [0.717, 1.165) is 16.7 Å². The van der Waals surface area contributed by atoms with E-state index in [-0.39, 0.29) is 37.2 Å². The van der Waals surface area contributed by atoms with Crippen LogP contribution in [0.25, 0.3) is 0 Å². The molecule has 0 aliphatic carbocycles. The number of carbonyl (C=O) groups excluding carboxylic acids is 4. The summed E-state index contributed by atoms with van der Waals surface area (Å²) in [5.41, 5.74) is 2.40. The van der Waals surface area contributed by atoms with E-state index in [1.165, 1.54) is 0 Å². The quantitative estimate of drug-likeness (QED) is 0.164. The lowest BCUT2D eigenvalue weighted by atomic mass is 9.97. The summed E-state index contributed by atoms with van der Waals surface area (Å²) >= 11 is 0. The molecule has 5 N–H and O–H groups in total. The zero-order chi connectivity index (χ0) is 33.5. The average Bonchev–Trinajstić information content (AvgIpc) is 3.05. The number of rotatable bonds is 16. The second-order valence-corrected chi connectivity index (χ2v) is 12.1. The van der Waals surface area contributed by atoms with Crippen LogP contribution in [0.1, 0.15) is 44.4 Å². The van der Waals surface area contributed by atoms with Gasteiger partial charge in [0, 0.05) is 13.0 Å². The molecule has 46 heavy (non-hydrogen) atoms. The molecule has 0 saturated heterocycles. The van der Waals surface area contributed by atoms with E-state index in [0.29, 0.717) is 6.54 Å². The number of benzene rings is 3. The standard InChI is InChI=1S/C36H46N4O6/c1-24(2)22-37-33(42)30(21-27-16-10-6-11-17-27)39-35(44)32(41)29(20-26-14-8-5-9-15-26)38-34(43)31(25(3)4)40-36(45)46-23-28-18-12-7-13-19-28/h5-19,24-25,29-32,41H,20-23H2,1-4H3,(H,37,42)(H,38,43)(H,39,44)(H,40,45)/t29-,30-,31-,32+/m0/s1. The molecule has 0 aliphatic heterocycles. The summed E-state index contributed by atoms with van der Waals surface area (Å²) in [5.74, 6) is -1.91. The van der Waals surface area contributed by atoms with Crippen molar-refractivity contribution < 1.29 is 29.0 Å². The number of amides is 4. The fraction of sp³-hybridized carbons (Fsp3) is 0.389. The van der Waals surface area contributed by atoms with E-state index in [4.69, 9.17) is 4.74 Å². The number of hydrogen-bond acceptors (Lipinski definition) is 6. The third-order valence-corrected chi connectivity index (χ3v) is 7.31. The molecule has 0 aromatic heterocycles. The van der Waals surface area contributed by atoms with Gasteiger partial charge in [0.25, 0.3) is 5.91 Å². The first kappa shape index (κ1) is 35.8. The van der Waals surface area contributed by atoms with Gasteiger partial charge in [-0.15, -0.1) is 0 Å². The maximum Gasteiger partial charge on any atom is 0.408 e. The predicted molar refractivity (Wildman–Crippen MR) is 176 cm³/mol. The fourth-order valence-electron chi connectivity index (χ4n) is 4.74. The zero-order valence-corrected chi connectivity index (χ0v) is 26.9. The third-order valence-electron chi connectivity index (χ3n) is 7.31. The second-order valence-electron chi connectivity index (χ2n) is 12.1.